The SMILES string of the molecule is CN(C)S(=O)(=O)Nc1ccccc1C(CC1CCCC1)C(=O)Nc1nccs1. The van der Waals surface area contributed by atoms with Gasteiger partial charge in [-0.15, -0.1) is 11.3 Å². The van der Waals surface area contributed by atoms with Gasteiger partial charge in [0, 0.05) is 25.7 Å². The number of benzene rings is 1. The number of aromatic nitrogens is 1. The molecule has 0 spiro atoms. The predicted molar refractivity (Wildman–Crippen MR) is 113 cm³/mol. The first-order valence-corrected chi connectivity index (χ1v) is 11.7. The van der Waals surface area contributed by atoms with Crippen molar-refractivity contribution in [3.8, 4) is 0 Å². The molecule has 1 fully saturated rings. The Morgan fingerprint density at radius 1 is 1.29 bits per heavy atom. The van der Waals surface area contributed by atoms with Gasteiger partial charge in [0.2, 0.25) is 5.91 Å². The smallest absolute Gasteiger partial charge is 0.301 e. The van der Waals surface area contributed by atoms with E-state index in [2.05, 4.69) is 15.0 Å². The average Bonchev–Trinajstić information content (AvgIpc) is 3.34. The van der Waals surface area contributed by atoms with Gasteiger partial charge >= 0.3 is 10.2 Å². The Morgan fingerprint density at radius 2 is 2.00 bits per heavy atom. The van der Waals surface area contributed by atoms with Gasteiger partial charge in [0.1, 0.15) is 0 Å². The summed E-state index contributed by atoms with van der Waals surface area (Å²) in [7, 11) is -0.732. The molecule has 0 saturated heterocycles. The van der Waals surface area contributed by atoms with Gasteiger partial charge in [-0.05, 0) is 24.0 Å². The highest BCUT2D eigenvalue weighted by Crippen LogP contribution is 2.37. The number of amides is 1. The van der Waals surface area contributed by atoms with E-state index in [0.29, 0.717) is 28.7 Å². The van der Waals surface area contributed by atoms with Gasteiger partial charge in [0.05, 0.1) is 11.6 Å². The van der Waals surface area contributed by atoms with Crippen LogP contribution < -0.4 is 10.0 Å². The highest BCUT2D eigenvalue weighted by atomic mass is 32.2. The lowest BCUT2D eigenvalue weighted by molar-refractivity contribution is -0.118. The summed E-state index contributed by atoms with van der Waals surface area (Å²) in [5, 5.41) is 5.24. The van der Waals surface area contributed by atoms with Crippen molar-refractivity contribution in [1.29, 1.82) is 0 Å². The normalized spacial score (nSPS) is 16.2. The Labute approximate surface area is 170 Å². The van der Waals surface area contributed by atoms with Gasteiger partial charge < -0.3 is 5.32 Å². The molecule has 1 unspecified atom stereocenters. The number of hydrogen-bond donors (Lipinski definition) is 2. The number of carbonyl (C=O) groups excluding carboxylic acids is 1. The molecule has 1 aromatic carbocycles. The molecule has 28 heavy (non-hydrogen) atoms. The lowest BCUT2D eigenvalue weighted by atomic mass is 9.86. The molecular formula is C19H26N4O3S2. The van der Waals surface area contributed by atoms with Crippen molar-refractivity contribution in [1.82, 2.24) is 9.29 Å². The Morgan fingerprint density at radius 3 is 2.64 bits per heavy atom. The second kappa shape index (κ2) is 9.02. The van der Waals surface area contributed by atoms with Gasteiger partial charge in [-0.3, -0.25) is 9.52 Å². The monoisotopic (exact) mass is 422 g/mol. The molecule has 1 aliphatic carbocycles. The van der Waals surface area contributed by atoms with E-state index < -0.39 is 16.1 Å². The first-order chi connectivity index (χ1) is 13.4. The Hall–Kier alpha value is -1.97. The summed E-state index contributed by atoms with van der Waals surface area (Å²) >= 11 is 1.36. The summed E-state index contributed by atoms with van der Waals surface area (Å²) in [4.78, 5) is 17.3. The van der Waals surface area contributed by atoms with Crippen molar-refractivity contribution in [2.75, 3.05) is 24.1 Å². The van der Waals surface area contributed by atoms with Crippen LogP contribution in [0.1, 0.15) is 43.6 Å². The van der Waals surface area contributed by atoms with Crippen LogP contribution in [-0.2, 0) is 15.0 Å². The summed E-state index contributed by atoms with van der Waals surface area (Å²) < 4.78 is 28.4. The summed E-state index contributed by atoms with van der Waals surface area (Å²) in [6, 6.07) is 7.13. The zero-order chi connectivity index (χ0) is 20.1. The van der Waals surface area contributed by atoms with Gasteiger partial charge in [-0.25, -0.2) is 4.98 Å². The number of nitrogens with zero attached hydrogens (tertiary/aromatic N) is 2. The highest BCUT2D eigenvalue weighted by molar-refractivity contribution is 7.90. The molecule has 152 valence electrons. The number of hydrogen-bond acceptors (Lipinski definition) is 5. The second-order valence-corrected chi connectivity index (χ2v) is 10.0. The summed E-state index contributed by atoms with van der Waals surface area (Å²) in [5.74, 6) is -0.142. The number of thiazole rings is 1. The Bertz CT molecular complexity index is 892. The van der Waals surface area contributed by atoms with E-state index >= 15 is 0 Å². The molecule has 7 nitrogen and oxygen atoms in total. The van der Waals surface area contributed by atoms with Crippen LogP contribution in [0.25, 0.3) is 0 Å². The third-order valence-corrected chi connectivity index (χ3v) is 7.21. The van der Waals surface area contributed by atoms with E-state index in [1.807, 2.05) is 12.1 Å². The van der Waals surface area contributed by atoms with Gasteiger partial charge in [-0.1, -0.05) is 43.9 Å². The molecule has 1 saturated carbocycles. The standard InChI is InChI=1S/C19H26N4O3S2/c1-23(2)28(25,26)22-17-10-6-5-9-15(17)16(13-14-7-3-4-8-14)18(24)21-19-20-11-12-27-19/h5-6,9-12,14,16,22H,3-4,7-8,13H2,1-2H3,(H,20,21,24). The van der Waals surface area contributed by atoms with E-state index in [9.17, 15) is 13.2 Å². The van der Waals surface area contributed by atoms with Crippen molar-refractivity contribution in [3.63, 3.8) is 0 Å². The van der Waals surface area contributed by atoms with Crippen molar-refractivity contribution in [3.05, 3.63) is 41.4 Å². The highest BCUT2D eigenvalue weighted by Gasteiger charge is 2.29. The van der Waals surface area contributed by atoms with Gasteiger partial charge in [-0.2, -0.15) is 12.7 Å². The van der Waals surface area contributed by atoms with Gasteiger partial charge in [0.25, 0.3) is 0 Å². The number of anilines is 2. The quantitative estimate of drug-likeness (QED) is 0.679. The van der Waals surface area contributed by atoms with Crippen molar-refractivity contribution in [2.24, 2.45) is 5.92 Å². The molecule has 2 N–H and O–H groups in total. The molecule has 1 aromatic heterocycles. The van der Waals surface area contributed by atoms with Crippen molar-refractivity contribution in [2.45, 2.75) is 38.0 Å². The maximum absolute atomic E-state index is 13.1. The molecule has 2 aromatic rings. The third-order valence-electron chi connectivity index (χ3n) is 5.08. The fraction of sp³-hybridized carbons (Fsp3) is 0.474. The van der Waals surface area contributed by atoms with E-state index in [1.54, 1.807) is 23.7 Å². The van der Waals surface area contributed by atoms with E-state index in [0.717, 1.165) is 17.1 Å². The van der Waals surface area contributed by atoms with Crippen LogP contribution in [0.2, 0.25) is 0 Å². The lowest BCUT2D eigenvalue weighted by Crippen LogP contribution is -2.30. The number of rotatable bonds is 8. The first-order valence-electron chi connectivity index (χ1n) is 9.36. The molecule has 1 amide bonds. The lowest BCUT2D eigenvalue weighted by Gasteiger charge is -2.23. The summed E-state index contributed by atoms with van der Waals surface area (Å²) in [6.45, 7) is 0. The molecular weight excluding hydrogens is 396 g/mol. The van der Waals surface area contributed by atoms with Crippen LogP contribution in [0.5, 0.6) is 0 Å². The van der Waals surface area contributed by atoms with E-state index in [4.69, 9.17) is 0 Å². The van der Waals surface area contributed by atoms with Crippen LogP contribution >= 0.6 is 11.3 Å². The molecule has 0 aliphatic heterocycles. The third kappa shape index (κ3) is 5.09. The molecule has 9 heteroatoms. The van der Waals surface area contributed by atoms with Crippen molar-refractivity contribution >= 4 is 38.3 Å². The number of nitrogens with one attached hydrogen (secondary N) is 2. The van der Waals surface area contributed by atoms with E-state index in [1.165, 1.54) is 38.3 Å². The summed E-state index contributed by atoms with van der Waals surface area (Å²) in [6.07, 6.45) is 6.91. The molecule has 1 heterocycles. The van der Waals surface area contributed by atoms with Crippen LogP contribution in [0.4, 0.5) is 10.8 Å². The van der Waals surface area contributed by atoms with Crippen LogP contribution in [0, 0.1) is 5.92 Å². The van der Waals surface area contributed by atoms with Crippen LogP contribution in [0.15, 0.2) is 35.8 Å². The number of para-hydroxylation sites is 1. The molecule has 0 bridgehead atoms. The molecule has 0 radical (unpaired) electrons. The van der Waals surface area contributed by atoms with Gasteiger partial charge in [0.15, 0.2) is 5.13 Å². The molecule has 1 atom stereocenters. The minimum Gasteiger partial charge on any atom is -0.301 e. The topological polar surface area (TPSA) is 91.4 Å². The number of carbonyl (C=O) groups is 1. The zero-order valence-corrected chi connectivity index (χ0v) is 17.7. The van der Waals surface area contributed by atoms with Crippen LogP contribution in [-0.4, -0.2) is 37.7 Å². The second-order valence-electron chi connectivity index (χ2n) is 7.24. The summed E-state index contributed by atoms with van der Waals surface area (Å²) in [5.41, 5.74) is 1.13. The Balaban J connectivity index is 1.91. The first kappa shape index (κ1) is 20.8. The average molecular weight is 423 g/mol. The van der Waals surface area contributed by atoms with E-state index in [-0.39, 0.29) is 5.91 Å². The zero-order valence-electron chi connectivity index (χ0n) is 16.1. The van der Waals surface area contributed by atoms with Crippen LogP contribution in [0.3, 0.4) is 0 Å². The maximum Gasteiger partial charge on any atom is 0.301 e. The predicted octanol–water partition coefficient (Wildman–Crippen LogP) is 3.66. The largest absolute Gasteiger partial charge is 0.301 e. The Kier molecular flexibility index (Phi) is 6.69. The fourth-order valence-corrected chi connectivity index (χ4v) is 4.73. The fourth-order valence-electron chi connectivity index (χ4n) is 3.56. The maximum atomic E-state index is 13.1. The van der Waals surface area contributed by atoms with Crippen molar-refractivity contribution < 1.29 is 13.2 Å². The minimum atomic E-state index is -3.67. The molecule has 3 rings (SSSR count). The minimum absolute atomic E-state index is 0.154. The molecule has 1 aliphatic rings.